The van der Waals surface area contributed by atoms with Crippen LogP contribution in [0.3, 0.4) is 0 Å². The number of piperazine rings is 2. The van der Waals surface area contributed by atoms with Gasteiger partial charge in [0.1, 0.15) is 39.9 Å². The largest absolute Gasteiger partial charge is 0.444 e. The SMILES string of the molecule is CC(C)(C)OC(=O)N1CCN(c2ccc(N)cc2F)CC1.CN(C)C(=O)c1cc2cnc(Nc3ccc(N4CCNCC4)c(F)c3)nc2n1C12CC(C1)C2.CN(C)C(=O)c1cc2cnc(S(C)=O)nc2n1C12CC(C1)C2. The molecule has 1 atom stereocenters. The first-order valence-corrected chi connectivity index (χ1v) is 27.5. The van der Waals surface area contributed by atoms with Crippen LogP contribution in [-0.2, 0) is 26.6 Å². The van der Waals surface area contributed by atoms with Crippen molar-refractivity contribution in [1.82, 2.24) is 49.1 Å². The standard InChI is InChI=1S/C24H28FN7O.C15H22FN3O2.C15H18N4O2S/c1-30(2)22(33)20-9-16-14-27-23(29-21(16)32(20)24-11-15(12-24)13-24)28-17-3-4-19(18(25)10-17)31-7-5-26-6-8-31;1-15(2,3)21-14(20)19-8-6-18(7-9-19)13-5-4-11(17)10-12(13)16;1-18(2)13(20)11-4-10-8-16-14(22(3)21)17-12(10)19(11)15-5-9(6-15)7-15/h3-4,9-10,14-15,26H,5-8,11-13H2,1-2H3,(H,27,28,29);4-5,10H,6-9,17H2,1-3H3;4,8-9H,5-7H2,1-3H3. The first-order chi connectivity index (χ1) is 36.1. The van der Waals surface area contributed by atoms with Gasteiger partial charge in [0.2, 0.25) is 11.1 Å². The van der Waals surface area contributed by atoms with Gasteiger partial charge in [0.15, 0.2) is 0 Å². The molecule has 0 spiro atoms. The molecule has 2 saturated heterocycles. The number of hydrogen-bond acceptors (Lipinski definition) is 14. The van der Waals surface area contributed by atoms with E-state index in [1.165, 1.54) is 12.1 Å². The van der Waals surface area contributed by atoms with Gasteiger partial charge in [-0.1, -0.05) is 0 Å². The lowest BCUT2D eigenvalue weighted by Gasteiger charge is -2.62. The van der Waals surface area contributed by atoms with E-state index >= 15 is 0 Å². The highest BCUT2D eigenvalue weighted by molar-refractivity contribution is 7.84. The number of ether oxygens (including phenoxy) is 1. The first kappa shape index (κ1) is 52.5. The van der Waals surface area contributed by atoms with E-state index in [0.717, 1.165) is 98.6 Å². The van der Waals surface area contributed by atoms with Crippen LogP contribution in [-0.4, -0.2) is 158 Å². The van der Waals surface area contributed by atoms with Gasteiger partial charge >= 0.3 is 6.09 Å². The number of amides is 3. The van der Waals surface area contributed by atoms with Crippen molar-refractivity contribution >= 4 is 79.5 Å². The van der Waals surface area contributed by atoms with Crippen LogP contribution in [0.4, 0.5) is 42.3 Å². The Morgan fingerprint density at radius 3 is 1.70 bits per heavy atom. The number of benzene rings is 2. The Bertz CT molecular complexity index is 3220. The maximum Gasteiger partial charge on any atom is 0.410 e. The number of hydrogen-bond donors (Lipinski definition) is 3. The molecule has 4 bridgehead atoms. The van der Waals surface area contributed by atoms with Crippen molar-refractivity contribution in [3.8, 4) is 0 Å². The van der Waals surface area contributed by atoms with Gasteiger partial charge in [0, 0.05) is 132 Å². The molecule has 19 nitrogen and oxygen atoms in total. The number of carbonyl (C=O) groups excluding carboxylic acids is 3. The molecule has 404 valence electrons. The quantitative estimate of drug-likeness (QED) is 0.101. The van der Waals surface area contributed by atoms with Crippen molar-refractivity contribution in [3.05, 3.63) is 83.9 Å². The minimum Gasteiger partial charge on any atom is -0.444 e. The van der Waals surface area contributed by atoms with Gasteiger partial charge in [0.25, 0.3) is 11.8 Å². The Hall–Kier alpha value is -6.94. The zero-order chi connectivity index (χ0) is 54.0. The highest BCUT2D eigenvalue weighted by atomic mass is 32.2. The lowest BCUT2D eigenvalue weighted by molar-refractivity contribution is -0.0871. The van der Waals surface area contributed by atoms with Crippen molar-refractivity contribution in [2.45, 2.75) is 81.1 Å². The summed E-state index contributed by atoms with van der Waals surface area (Å²) in [6, 6.07) is 13.6. The Labute approximate surface area is 443 Å². The number of fused-ring (bicyclic) bond motifs is 2. The Morgan fingerprint density at radius 2 is 1.22 bits per heavy atom. The van der Waals surface area contributed by atoms with E-state index in [1.807, 2.05) is 43.9 Å². The normalized spacial score (nSPS) is 22.6. The number of rotatable bonds is 9. The molecule has 4 N–H and O–H groups in total. The average molecular weight is 1060 g/mol. The van der Waals surface area contributed by atoms with E-state index in [2.05, 4.69) is 39.6 Å². The van der Waals surface area contributed by atoms with Gasteiger partial charge in [-0.05, 0) is 120 Å². The Morgan fingerprint density at radius 1 is 0.724 bits per heavy atom. The van der Waals surface area contributed by atoms with Crippen molar-refractivity contribution in [1.29, 1.82) is 0 Å². The molecule has 6 aromatic rings. The third-order valence-electron chi connectivity index (χ3n) is 15.4. The average Bonchev–Trinajstić information content (AvgIpc) is 4.06. The summed E-state index contributed by atoms with van der Waals surface area (Å²) >= 11 is 0. The smallest absolute Gasteiger partial charge is 0.410 e. The van der Waals surface area contributed by atoms with E-state index in [4.69, 9.17) is 15.5 Å². The van der Waals surface area contributed by atoms with E-state index < -0.39 is 16.4 Å². The van der Waals surface area contributed by atoms with Crippen LogP contribution in [0.15, 0.2) is 66.1 Å². The molecule has 14 rings (SSSR count). The van der Waals surface area contributed by atoms with Gasteiger partial charge < -0.3 is 54.7 Å². The molecule has 22 heteroatoms. The second-order valence-electron chi connectivity index (χ2n) is 22.6. The molecule has 1 unspecified atom stereocenters. The van der Waals surface area contributed by atoms with Gasteiger partial charge in [-0.3, -0.25) is 13.8 Å². The van der Waals surface area contributed by atoms with Crippen LogP contribution >= 0.6 is 0 Å². The molecule has 2 aliphatic heterocycles. The number of carbonyl (C=O) groups is 3. The summed E-state index contributed by atoms with van der Waals surface area (Å²) in [6.07, 6.45) is 11.3. The van der Waals surface area contributed by atoms with Gasteiger partial charge in [-0.2, -0.15) is 4.98 Å². The molecule has 6 heterocycles. The molecule has 6 aliphatic carbocycles. The predicted octanol–water partition coefficient (Wildman–Crippen LogP) is 6.78. The molecule has 8 aliphatic rings. The van der Waals surface area contributed by atoms with Crippen LogP contribution in [0.2, 0.25) is 0 Å². The van der Waals surface area contributed by atoms with Crippen LogP contribution < -0.4 is 26.2 Å². The molecule has 2 aromatic carbocycles. The number of anilines is 5. The summed E-state index contributed by atoms with van der Waals surface area (Å²) in [5, 5.41) is 8.44. The highest BCUT2D eigenvalue weighted by Gasteiger charge is 2.60. The molecule has 76 heavy (non-hydrogen) atoms. The minimum absolute atomic E-state index is 0.00387. The molecule has 4 aromatic heterocycles. The predicted molar refractivity (Wildman–Crippen MR) is 290 cm³/mol. The number of nitrogens with one attached hydrogen (secondary N) is 2. The molecular weight excluding hydrogens is 995 g/mol. The summed E-state index contributed by atoms with van der Waals surface area (Å²) < 4.78 is 50.0. The van der Waals surface area contributed by atoms with Crippen molar-refractivity contribution in [2.24, 2.45) is 11.8 Å². The van der Waals surface area contributed by atoms with Crippen molar-refractivity contribution in [3.63, 3.8) is 0 Å². The fourth-order valence-corrected chi connectivity index (χ4v) is 11.8. The summed E-state index contributed by atoms with van der Waals surface area (Å²) in [4.78, 5) is 64.1. The summed E-state index contributed by atoms with van der Waals surface area (Å²) in [6.45, 7) is 11.0. The minimum atomic E-state index is -1.23. The lowest BCUT2D eigenvalue weighted by Crippen LogP contribution is -2.60. The molecule has 8 fully saturated rings. The Balaban J connectivity index is 0.000000135. The zero-order valence-corrected chi connectivity index (χ0v) is 45.3. The maximum atomic E-state index is 14.8. The maximum absolute atomic E-state index is 14.8. The van der Waals surface area contributed by atoms with Crippen molar-refractivity contribution in [2.75, 3.05) is 108 Å². The van der Waals surface area contributed by atoms with E-state index in [0.29, 0.717) is 71.4 Å². The second-order valence-corrected chi connectivity index (χ2v) is 23.9. The number of halogens is 2. The summed E-state index contributed by atoms with van der Waals surface area (Å²) in [7, 11) is 5.81. The van der Waals surface area contributed by atoms with Crippen LogP contribution in [0.25, 0.3) is 22.1 Å². The Kier molecular flexibility index (Phi) is 14.0. The number of nitrogens with zero attached hydrogens (tertiary/aromatic N) is 11. The lowest BCUT2D eigenvalue weighted by atomic mass is 9.49. The number of nitrogens with two attached hydrogens (primary N) is 1. The monoisotopic (exact) mass is 1060 g/mol. The molecule has 0 radical (unpaired) electrons. The number of nitrogen functional groups attached to an aromatic ring is 1. The van der Waals surface area contributed by atoms with Crippen LogP contribution in [0.5, 0.6) is 0 Å². The zero-order valence-electron chi connectivity index (χ0n) is 44.5. The third kappa shape index (κ3) is 10.1. The third-order valence-corrected chi connectivity index (χ3v) is 16.1. The highest BCUT2D eigenvalue weighted by Crippen LogP contribution is 2.64. The van der Waals surface area contributed by atoms with Gasteiger partial charge in [-0.15, -0.1) is 0 Å². The molecule has 6 saturated carbocycles. The fourth-order valence-electron chi connectivity index (χ4n) is 11.4. The van der Waals surface area contributed by atoms with Gasteiger partial charge in [-0.25, -0.2) is 28.5 Å². The molecule has 3 amide bonds. The van der Waals surface area contributed by atoms with Crippen LogP contribution in [0, 0.1) is 23.5 Å². The fraction of sp³-hybridized carbons (Fsp3) is 0.500. The first-order valence-electron chi connectivity index (χ1n) is 26.0. The van der Waals surface area contributed by atoms with Crippen LogP contribution in [0.1, 0.15) is 80.3 Å². The second kappa shape index (κ2) is 20.2. The topological polar surface area (TPSA) is 205 Å². The van der Waals surface area contributed by atoms with Gasteiger partial charge in [0.05, 0.1) is 22.2 Å². The van der Waals surface area contributed by atoms with Crippen molar-refractivity contribution < 1.29 is 32.1 Å². The summed E-state index contributed by atoms with van der Waals surface area (Å²) in [5.41, 5.74) is 10.0. The van der Waals surface area contributed by atoms with E-state index in [9.17, 15) is 27.4 Å². The number of aromatic nitrogens is 6. The van der Waals surface area contributed by atoms with E-state index in [-0.39, 0.29) is 40.6 Å². The molecular formula is C54H68F2N14O5S. The summed E-state index contributed by atoms with van der Waals surface area (Å²) in [5.74, 6) is 1.30. The van der Waals surface area contributed by atoms with E-state index in [1.54, 1.807) is 79.7 Å².